The number of hydrogen-bond acceptors (Lipinski definition) is 11. The minimum atomic E-state index is -0.227. The number of terminal acetylenes is 1. The number of azide groups is 1. The van der Waals surface area contributed by atoms with Gasteiger partial charge in [-0.25, -0.2) is 34.2 Å². The van der Waals surface area contributed by atoms with Crippen molar-refractivity contribution in [1.29, 1.82) is 0 Å². The van der Waals surface area contributed by atoms with Gasteiger partial charge in [0.2, 0.25) is 0 Å². The predicted octanol–water partition coefficient (Wildman–Crippen LogP) is 9.59. The van der Waals surface area contributed by atoms with Crippen LogP contribution in [0, 0.1) is 12.3 Å². The molecule has 0 aliphatic carbocycles. The summed E-state index contributed by atoms with van der Waals surface area (Å²) in [5, 5.41) is 28.2. The van der Waals surface area contributed by atoms with E-state index in [1.54, 1.807) is 52.8 Å². The molecule has 378 valence electrons. The number of fused-ring (bicyclic) bond motifs is 2. The third kappa shape index (κ3) is 14.2. The molecule has 18 nitrogen and oxygen atoms in total. The smallest absolute Gasteiger partial charge is 0.0490 e. The van der Waals surface area contributed by atoms with Gasteiger partial charge < -0.3 is 20.2 Å². The van der Waals surface area contributed by atoms with Gasteiger partial charge in [0, 0.05) is 40.3 Å². The Morgan fingerprint density at radius 2 is 1.21 bits per heavy atom. The van der Waals surface area contributed by atoms with Crippen molar-refractivity contribution in [2.45, 2.75) is 74.0 Å². The van der Waals surface area contributed by atoms with Crippen LogP contribution < -0.4 is 11.4 Å². The van der Waals surface area contributed by atoms with Crippen molar-refractivity contribution in [3.05, 3.63) is 175 Å². The Morgan fingerprint density at radius 3 is 1.62 bits per heavy atom. The number of aliphatic hydroxyl groups is 2. The first-order chi connectivity index (χ1) is 34.0. The van der Waals surface area contributed by atoms with Crippen molar-refractivity contribution in [2.75, 3.05) is 19.8 Å². The summed E-state index contributed by atoms with van der Waals surface area (Å²) in [6.07, 6.45) is 10.6. The molecule has 0 radical (unpaired) electrons. The molecule has 0 atom stereocenters. The number of hydrogen-bond donors (Lipinski definition) is 4. The number of rotatable bonds is 13. The SMILES string of the molecule is C.C.C#Cc1ccc(Cn2c(=O)[nH]c3cnc(-c4ccccc4C(C)C)nc32)cc1.CC(C)c1ccccc1-c1ncc2[nH]c(=O)n(Cc3ccc(-c4cn(CCO)nn4)cc3)c2n1.[Cu][I].[N-]=[N+]=NCCO. The zero-order valence-corrected chi connectivity index (χ0v) is 41.8. The van der Waals surface area contributed by atoms with Crippen molar-refractivity contribution in [1.82, 2.24) is 54.0 Å². The van der Waals surface area contributed by atoms with Crippen LogP contribution in [0.3, 0.4) is 0 Å². The molecule has 0 aliphatic rings. The van der Waals surface area contributed by atoms with Crippen molar-refractivity contribution in [2.24, 2.45) is 5.11 Å². The molecule has 4 N–H and O–H groups in total. The number of aromatic amines is 2. The van der Waals surface area contributed by atoms with Crippen molar-refractivity contribution in [3.8, 4) is 46.4 Å². The summed E-state index contributed by atoms with van der Waals surface area (Å²) in [6, 6.07) is 31.6. The van der Waals surface area contributed by atoms with E-state index in [1.807, 2.05) is 84.9 Å². The van der Waals surface area contributed by atoms with Crippen LogP contribution in [-0.4, -0.2) is 84.0 Å². The average Bonchev–Trinajstić information content (AvgIpc) is 4.08. The molecule has 5 aromatic heterocycles. The van der Waals surface area contributed by atoms with Gasteiger partial charge in [-0.2, -0.15) is 0 Å². The maximum absolute atomic E-state index is 12.7. The first kappa shape index (κ1) is 57.3. The van der Waals surface area contributed by atoms with Crippen LogP contribution in [0.15, 0.2) is 130 Å². The number of H-pyrrole nitrogens is 2. The molecule has 5 heterocycles. The number of nitrogens with one attached hydrogen (secondary N) is 2. The van der Waals surface area contributed by atoms with E-state index in [0.29, 0.717) is 65.4 Å². The number of halogens is 1. The maximum Gasteiger partial charge on any atom is 0.0490 e. The molecule has 72 heavy (non-hydrogen) atoms. The zero-order valence-electron chi connectivity index (χ0n) is 38.7. The van der Waals surface area contributed by atoms with Gasteiger partial charge in [-0.3, -0.25) is 9.13 Å². The molecular formula is C52H58CuIN14O4. The second kappa shape index (κ2) is 28.0. The molecule has 20 heteroatoms. The molecule has 0 fully saturated rings. The predicted molar refractivity (Wildman–Crippen MR) is 289 cm³/mol. The third-order valence-electron chi connectivity index (χ3n) is 10.9. The molecule has 0 amide bonds. The molecule has 4 aromatic carbocycles. The van der Waals surface area contributed by atoms with Crippen LogP contribution in [0.1, 0.15) is 82.2 Å². The molecule has 0 aliphatic heterocycles. The molecule has 0 saturated carbocycles. The quantitative estimate of drug-likeness (QED) is 0.0213. The number of aromatic nitrogens is 11. The monoisotopic (exact) mass is 1130 g/mol. The van der Waals surface area contributed by atoms with Crippen molar-refractivity contribution >= 4 is 42.7 Å². The molecule has 0 spiro atoms. The van der Waals surface area contributed by atoms with E-state index in [9.17, 15) is 9.59 Å². The van der Waals surface area contributed by atoms with Gasteiger partial charge in [0.25, 0.3) is 0 Å². The summed E-state index contributed by atoms with van der Waals surface area (Å²) in [4.78, 5) is 51.8. The Hall–Kier alpha value is -7.24. The minimum Gasteiger partial charge on any atom is -0.396 e. The largest absolute Gasteiger partial charge is 0.396 e. The normalized spacial score (nSPS) is 10.4. The van der Waals surface area contributed by atoms with E-state index >= 15 is 0 Å². The minimum absolute atomic E-state index is 0. The van der Waals surface area contributed by atoms with Gasteiger partial charge in [-0.15, -0.1) is 11.5 Å². The molecule has 9 aromatic rings. The zero-order chi connectivity index (χ0) is 50.2. The topological polar surface area (TPSA) is 247 Å². The number of aliphatic hydroxyl groups excluding tert-OH is 2. The Balaban J connectivity index is 0.000000269. The van der Waals surface area contributed by atoms with E-state index in [2.05, 4.69) is 98.8 Å². The first-order valence-electron chi connectivity index (χ1n) is 22.0. The van der Waals surface area contributed by atoms with Gasteiger partial charge in [-0.1, -0.05) is 144 Å². The summed E-state index contributed by atoms with van der Waals surface area (Å²) in [5.74, 6) is 4.49. The van der Waals surface area contributed by atoms with Gasteiger partial charge in [0.05, 0.1) is 44.8 Å². The Kier molecular flexibility index (Phi) is 22.3. The standard InChI is InChI=1S/C25H25N7O2.C23H20N4O.C2H5N3O.2CH4.Cu.HI/c1-16(2)19-5-3-4-6-20(19)23-26-13-21-24(28-23)32(25(34)27-21)14-17-7-9-18(10-8-17)22-15-31(11-12-33)30-29-22;1-4-16-9-11-17(12-10-16)14-27-22-20(25-23(27)28)13-24-21(26-22)19-8-6-5-7-18(19)15(2)3;3-5-4-1-2-6;;;;/h3-10,13,15-16,33H,11-12,14H2,1-2H3,(H,27,34);1,5-13,15H,14H2,2-3H3,(H,25,28);6H,1-2H2;2*1H4;;1H/q;;;;;+1;/p-1. The second-order valence-electron chi connectivity index (χ2n) is 16.2. The fraction of sp³-hybridized carbons (Fsp3) is 0.269. The van der Waals surface area contributed by atoms with Crippen molar-refractivity contribution in [3.63, 3.8) is 0 Å². The van der Waals surface area contributed by atoms with Crippen LogP contribution >= 0.6 is 20.3 Å². The summed E-state index contributed by atoms with van der Waals surface area (Å²) in [5.41, 5.74) is 18.2. The van der Waals surface area contributed by atoms with Gasteiger partial charge >= 0.3 is 44.5 Å². The van der Waals surface area contributed by atoms with Gasteiger partial charge in [0.15, 0.2) is 22.9 Å². The van der Waals surface area contributed by atoms with Gasteiger partial charge in [0.1, 0.15) is 16.7 Å². The number of imidazole rings is 2. The maximum atomic E-state index is 12.7. The van der Waals surface area contributed by atoms with E-state index in [4.69, 9.17) is 32.1 Å². The number of nitrogens with zero attached hydrogens (tertiary/aromatic N) is 12. The summed E-state index contributed by atoms with van der Waals surface area (Å²) < 4.78 is 4.86. The Labute approximate surface area is 437 Å². The van der Waals surface area contributed by atoms with Crippen LogP contribution in [-0.2, 0) is 32.4 Å². The molecule has 9 rings (SSSR count). The fourth-order valence-corrected chi connectivity index (χ4v) is 7.44. The third-order valence-corrected chi connectivity index (χ3v) is 10.9. The summed E-state index contributed by atoms with van der Waals surface area (Å²) >= 11 is 5.87. The first-order valence-corrected chi connectivity index (χ1v) is 25.0. The number of benzene rings is 4. The van der Waals surface area contributed by atoms with E-state index < -0.39 is 0 Å². The van der Waals surface area contributed by atoms with E-state index in [1.165, 1.54) is 5.56 Å². The summed E-state index contributed by atoms with van der Waals surface area (Å²) in [6.45, 7) is 9.87. The van der Waals surface area contributed by atoms with Gasteiger partial charge in [-0.05, 0) is 51.8 Å². The average molecular weight is 1130 g/mol. The molecular weight excluding hydrogens is 1080 g/mol. The fourth-order valence-electron chi connectivity index (χ4n) is 7.44. The molecule has 0 unspecified atom stereocenters. The second-order valence-corrected chi connectivity index (χ2v) is 16.2. The Bertz CT molecular complexity index is 3370. The van der Waals surface area contributed by atoms with E-state index in [-0.39, 0.29) is 46.0 Å². The molecule has 0 bridgehead atoms. The van der Waals surface area contributed by atoms with E-state index in [0.717, 1.165) is 44.6 Å². The molecule has 0 saturated heterocycles. The van der Waals surface area contributed by atoms with Crippen LogP contribution in [0.2, 0.25) is 0 Å². The van der Waals surface area contributed by atoms with Crippen LogP contribution in [0.25, 0.3) is 66.8 Å². The van der Waals surface area contributed by atoms with Crippen molar-refractivity contribution < 1.29 is 23.0 Å². The van der Waals surface area contributed by atoms with Crippen LogP contribution in [0.5, 0.6) is 0 Å². The summed E-state index contributed by atoms with van der Waals surface area (Å²) in [7, 11) is 0. The Morgan fingerprint density at radius 1 is 0.736 bits per heavy atom. The van der Waals surface area contributed by atoms with Crippen LogP contribution in [0.4, 0.5) is 0 Å².